The van der Waals surface area contributed by atoms with E-state index < -0.39 is 139 Å². The standard InChI is InChI=1S/C31H36O20/c32-6-17-20(38)22(40)24(42)28(50-17)49-15-3-10(1-2-12(15)34)25-23(41)21(39)18-13(35)4-11(5-16(18)48-25)47-29-26(19(37)14(36)7-45-29)51-30-27(43)31(44,8-33)9-46-30/h1-5,14,17,19-20,22,24,26-30,32-38,40-44H,6-9H2. The van der Waals surface area contributed by atoms with E-state index in [2.05, 4.69) is 0 Å². The van der Waals surface area contributed by atoms with Gasteiger partial charge in [-0.05, 0) is 18.2 Å². The Hall–Kier alpha value is -3.87. The van der Waals surface area contributed by atoms with Crippen molar-refractivity contribution in [3.63, 3.8) is 0 Å². The summed E-state index contributed by atoms with van der Waals surface area (Å²) in [6.45, 7) is -2.61. The van der Waals surface area contributed by atoms with Crippen molar-refractivity contribution in [1.82, 2.24) is 0 Å². The second kappa shape index (κ2) is 14.3. The predicted octanol–water partition coefficient (Wildman–Crippen LogP) is -3.96. The lowest BCUT2D eigenvalue weighted by molar-refractivity contribution is -0.297. The zero-order chi connectivity index (χ0) is 36.9. The Labute approximate surface area is 285 Å². The second-order valence-electron chi connectivity index (χ2n) is 12.3. The molecule has 0 amide bonds. The highest BCUT2D eigenvalue weighted by Gasteiger charge is 2.52. The highest BCUT2D eigenvalue weighted by atomic mass is 16.8. The molecule has 12 N–H and O–H groups in total. The molecule has 51 heavy (non-hydrogen) atoms. The monoisotopic (exact) mass is 728 g/mol. The zero-order valence-electron chi connectivity index (χ0n) is 26.2. The molecule has 1 aromatic heterocycles. The van der Waals surface area contributed by atoms with Crippen molar-refractivity contribution in [2.75, 3.05) is 26.4 Å². The third kappa shape index (κ3) is 6.78. The number of hydrogen-bond donors (Lipinski definition) is 12. The lowest BCUT2D eigenvalue weighted by Crippen LogP contribution is -2.60. The van der Waals surface area contributed by atoms with E-state index in [1.807, 2.05) is 0 Å². The summed E-state index contributed by atoms with van der Waals surface area (Å²) in [5.41, 5.74) is -3.62. The smallest absolute Gasteiger partial charge is 0.238 e. The number of aliphatic hydroxyl groups is 9. The van der Waals surface area contributed by atoms with Gasteiger partial charge in [-0.2, -0.15) is 0 Å². The van der Waals surface area contributed by atoms with Crippen LogP contribution in [-0.4, -0.2) is 161 Å². The van der Waals surface area contributed by atoms with E-state index in [-0.39, 0.29) is 16.9 Å². The molecule has 20 nitrogen and oxygen atoms in total. The molecule has 12 atom stereocenters. The molecule has 2 aromatic carbocycles. The molecule has 280 valence electrons. The van der Waals surface area contributed by atoms with Crippen LogP contribution < -0.4 is 14.9 Å². The van der Waals surface area contributed by atoms with Gasteiger partial charge in [0.25, 0.3) is 0 Å². The van der Waals surface area contributed by atoms with Crippen molar-refractivity contribution in [2.24, 2.45) is 0 Å². The van der Waals surface area contributed by atoms with Crippen LogP contribution in [0.5, 0.6) is 28.7 Å². The minimum absolute atomic E-state index is 0.0890. The van der Waals surface area contributed by atoms with Crippen LogP contribution >= 0.6 is 0 Å². The number of aromatic hydroxyl groups is 3. The Morgan fingerprint density at radius 2 is 1.57 bits per heavy atom. The lowest BCUT2D eigenvalue weighted by atomic mass is 9.99. The van der Waals surface area contributed by atoms with Gasteiger partial charge in [-0.25, -0.2) is 0 Å². The van der Waals surface area contributed by atoms with Gasteiger partial charge in [0.2, 0.25) is 23.8 Å². The fraction of sp³-hybridized carbons (Fsp3) is 0.516. The van der Waals surface area contributed by atoms with Crippen molar-refractivity contribution in [1.29, 1.82) is 0 Å². The summed E-state index contributed by atoms with van der Waals surface area (Å²) < 4.78 is 38.7. The summed E-state index contributed by atoms with van der Waals surface area (Å²) in [6, 6.07) is 5.41. The maximum Gasteiger partial charge on any atom is 0.238 e. The molecule has 3 aliphatic heterocycles. The number of phenolic OH excluding ortho intramolecular Hbond substituents is 2. The largest absolute Gasteiger partial charge is 0.507 e. The molecule has 3 aliphatic rings. The van der Waals surface area contributed by atoms with Crippen molar-refractivity contribution in [2.45, 2.75) is 73.3 Å². The molecule has 0 radical (unpaired) electrons. The van der Waals surface area contributed by atoms with Gasteiger partial charge in [-0.15, -0.1) is 0 Å². The lowest BCUT2D eigenvalue weighted by Gasteiger charge is -2.39. The van der Waals surface area contributed by atoms with Gasteiger partial charge >= 0.3 is 0 Å². The van der Waals surface area contributed by atoms with Crippen molar-refractivity contribution >= 4 is 11.0 Å². The van der Waals surface area contributed by atoms with E-state index in [0.717, 1.165) is 24.3 Å². The number of benzene rings is 2. The predicted molar refractivity (Wildman–Crippen MR) is 162 cm³/mol. The van der Waals surface area contributed by atoms with Crippen LogP contribution in [0.4, 0.5) is 0 Å². The molecule has 0 bridgehead atoms. The molecule has 6 rings (SSSR count). The van der Waals surface area contributed by atoms with Crippen LogP contribution in [0, 0.1) is 0 Å². The van der Waals surface area contributed by atoms with Crippen LogP contribution in [0.25, 0.3) is 22.3 Å². The molecule has 12 unspecified atom stereocenters. The first-order chi connectivity index (χ1) is 24.2. The summed E-state index contributed by atoms with van der Waals surface area (Å²) in [5, 5.41) is 122. The molecule has 3 fully saturated rings. The minimum Gasteiger partial charge on any atom is -0.507 e. The molecule has 0 spiro atoms. The Kier molecular flexibility index (Phi) is 10.3. The molecule has 20 heteroatoms. The van der Waals surface area contributed by atoms with Gasteiger partial charge in [0, 0.05) is 17.7 Å². The molecular weight excluding hydrogens is 692 g/mol. The van der Waals surface area contributed by atoms with Crippen LogP contribution in [0.3, 0.4) is 0 Å². The van der Waals surface area contributed by atoms with Gasteiger partial charge in [-0.1, -0.05) is 0 Å². The van der Waals surface area contributed by atoms with Gasteiger partial charge in [0.05, 0.1) is 26.4 Å². The maximum atomic E-state index is 13.2. The van der Waals surface area contributed by atoms with Gasteiger partial charge in [0.15, 0.2) is 29.7 Å². The number of ether oxygens (including phenoxy) is 6. The SMILES string of the molecule is O=c1c(O)c(-c2ccc(O)c(OC3OC(CO)C(O)C(O)C3O)c2)oc2cc(OC3OCC(O)C(O)C3OC3OCC(O)(CO)C3O)cc(O)c12. The number of fused-ring (bicyclic) bond motifs is 1. The summed E-state index contributed by atoms with van der Waals surface area (Å²) in [4.78, 5) is 13.2. The maximum absolute atomic E-state index is 13.2. The summed E-state index contributed by atoms with van der Waals surface area (Å²) in [5.74, 6) is -3.39. The van der Waals surface area contributed by atoms with Crippen molar-refractivity contribution < 1.29 is 94.1 Å². The fourth-order valence-corrected chi connectivity index (χ4v) is 5.78. The van der Waals surface area contributed by atoms with Crippen LogP contribution in [0.2, 0.25) is 0 Å². The van der Waals surface area contributed by atoms with E-state index in [1.165, 1.54) is 6.07 Å². The Balaban J connectivity index is 1.30. The van der Waals surface area contributed by atoms with Crippen LogP contribution in [0.1, 0.15) is 0 Å². The van der Waals surface area contributed by atoms with Gasteiger partial charge < -0.3 is 94.1 Å². The Bertz CT molecular complexity index is 1780. The Morgan fingerprint density at radius 3 is 2.25 bits per heavy atom. The van der Waals surface area contributed by atoms with Crippen LogP contribution in [0.15, 0.2) is 39.5 Å². The summed E-state index contributed by atoms with van der Waals surface area (Å²) in [6.07, 6.45) is -18.0. The number of hydrogen-bond acceptors (Lipinski definition) is 20. The third-order valence-electron chi connectivity index (χ3n) is 8.79. The van der Waals surface area contributed by atoms with Gasteiger partial charge in [-0.3, -0.25) is 4.79 Å². The average molecular weight is 729 g/mol. The first-order valence-electron chi connectivity index (χ1n) is 15.4. The first kappa shape index (κ1) is 36.9. The molecule has 3 saturated heterocycles. The highest BCUT2D eigenvalue weighted by Crippen LogP contribution is 2.40. The average Bonchev–Trinajstić information content (AvgIpc) is 3.39. The number of aliphatic hydroxyl groups excluding tert-OH is 8. The third-order valence-corrected chi connectivity index (χ3v) is 8.79. The topological polar surface area (TPSA) is 328 Å². The van der Waals surface area contributed by atoms with Crippen LogP contribution in [-0.2, 0) is 18.9 Å². The van der Waals surface area contributed by atoms with E-state index >= 15 is 0 Å². The first-order valence-corrected chi connectivity index (χ1v) is 15.4. The quantitative estimate of drug-likeness (QED) is 0.1000. The molecule has 0 aliphatic carbocycles. The number of rotatable bonds is 9. The molecule has 4 heterocycles. The van der Waals surface area contributed by atoms with E-state index in [1.54, 1.807) is 0 Å². The van der Waals surface area contributed by atoms with Crippen molar-refractivity contribution in [3.05, 3.63) is 40.6 Å². The summed E-state index contributed by atoms with van der Waals surface area (Å²) >= 11 is 0. The second-order valence-corrected chi connectivity index (χ2v) is 12.3. The zero-order valence-corrected chi connectivity index (χ0v) is 26.2. The fourth-order valence-electron chi connectivity index (χ4n) is 5.78. The van der Waals surface area contributed by atoms with E-state index in [0.29, 0.717) is 0 Å². The molecular formula is C31H36O20. The number of phenols is 2. The minimum atomic E-state index is -2.07. The van der Waals surface area contributed by atoms with Crippen molar-refractivity contribution in [3.8, 4) is 40.1 Å². The van der Waals surface area contributed by atoms with Gasteiger partial charge in [0.1, 0.15) is 70.8 Å². The Morgan fingerprint density at radius 1 is 0.824 bits per heavy atom. The molecule has 0 saturated carbocycles. The van der Waals surface area contributed by atoms with E-state index in [9.17, 15) is 66.1 Å². The normalized spacial score (nSPS) is 35.6. The molecule has 3 aromatic rings. The highest BCUT2D eigenvalue weighted by molar-refractivity contribution is 5.88. The van der Waals surface area contributed by atoms with E-state index in [4.69, 9.17) is 32.8 Å². The summed E-state index contributed by atoms with van der Waals surface area (Å²) in [7, 11) is 0.